The molecule has 0 aliphatic carbocycles. The molecule has 0 unspecified atom stereocenters. The lowest BCUT2D eigenvalue weighted by Gasteiger charge is -2.25. The maximum absolute atomic E-state index is 12.6. The van der Waals surface area contributed by atoms with Gasteiger partial charge in [-0.3, -0.25) is 9.10 Å². The smallest absolute Gasteiger partial charge is 0.241 e. The van der Waals surface area contributed by atoms with Crippen LogP contribution in [0.1, 0.15) is 18.5 Å². The third kappa shape index (κ3) is 5.30. The molecule has 2 rings (SSSR count). The Morgan fingerprint density at radius 2 is 1.75 bits per heavy atom. The van der Waals surface area contributed by atoms with E-state index in [-0.39, 0.29) is 28.3 Å². The minimum absolute atomic E-state index is 0.161. The van der Waals surface area contributed by atoms with Crippen molar-refractivity contribution in [3.05, 3.63) is 53.1 Å². The number of nitrogens with one attached hydrogen (secondary N) is 1. The number of carbonyl (C=O) groups is 1. The zero-order valence-electron chi connectivity index (χ0n) is 16.1. The summed E-state index contributed by atoms with van der Waals surface area (Å²) >= 11 is 6.09. The Morgan fingerprint density at radius 1 is 1.14 bits per heavy atom. The van der Waals surface area contributed by atoms with Crippen LogP contribution in [-0.2, 0) is 14.8 Å². The summed E-state index contributed by atoms with van der Waals surface area (Å²) in [6, 6.07) is 12.0. The second-order valence-corrected chi connectivity index (χ2v) is 8.44. The molecule has 0 aliphatic rings. The van der Waals surface area contributed by atoms with Crippen LogP contribution < -0.4 is 19.1 Å². The van der Waals surface area contributed by atoms with Gasteiger partial charge in [0.25, 0.3) is 0 Å². The topological polar surface area (TPSA) is 84.9 Å². The van der Waals surface area contributed by atoms with Crippen molar-refractivity contribution < 1.29 is 22.7 Å². The minimum atomic E-state index is -3.79. The molecule has 0 bridgehead atoms. The first-order valence-corrected chi connectivity index (χ1v) is 10.6. The van der Waals surface area contributed by atoms with Crippen LogP contribution in [0.2, 0.25) is 5.02 Å². The van der Waals surface area contributed by atoms with E-state index in [2.05, 4.69) is 5.32 Å². The third-order valence-electron chi connectivity index (χ3n) is 4.09. The minimum Gasteiger partial charge on any atom is -0.495 e. The Bertz CT molecular complexity index is 935. The van der Waals surface area contributed by atoms with Gasteiger partial charge in [-0.2, -0.15) is 0 Å². The van der Waals surface area contributed by atoms with E-state index in [1.807, 2.05) is 37.3 Å². The van der Waals surface area contributed by atoms with Gasteiger partial charge in [0.1, 0.15) is 18.0 Å². The van der Waals surface area contributed by atoms with E-state index in [0.29, 0.717) is 0 Å². The summed E-state index contributed by atoms with van der Waals surface area (Å²) in [5, 5.41) is 3.07. The third-order valence-corrected chi connectivity index (χ3v) is 5.51. The molecule has 0 aliphatic heterocycles. The van der Waals surface area contributed by atoms with Crippen LogP contribution in [0.25, 0.3) is 0 Å². The number of anilines is 1. The molecule has 0 fully saturated rings. The standard InChI is InChI=1S/C19H23ClN2O5S/c1-13(14-8-6-5-7-9-14)21-19(23)12-22(28(4,24)25)16-11-17(26-2)15(20)10-18(16)27-3/h5-11,13H,12H2,1-4H3,(H,21,23)/t13-/m1/s1. The maximum atomic E-state index is 12.6. The summed E-state index contributed by atoms with van der Waals surface area (Å²) < 4.78 is 36.2. The van der Waals surface area contributed by atoms with Crippen molar-refractivity contribution in [1.29, 1.82) is 0 Å². The molecule has 1 amide bonds. The molecule has 1 N–H and O–H groups in total. The van der Waals surface area contributed by atoms with Gasteiger partial charge in [-0.15, -0.1) is 0 Å². The molecule has 0 aromatic heterocycles. The highest BCUT2D eigenvalue weighted by atomic mass is 35.5. The summed E-state index contributed by atoms with van der Waals surface area (Å²) in [5.41, 5.74) is 1.07. The summed E-state index contributed by atoms with van der Waals surface area (Å²) in [6.45, 7) is 1.40. The molecule has 2 aromatic carbocycles. The van der Waals surface area contributed by atoms with Crippen molar-refractivity contribution in [3.63, 3.8) is 0 Å². The molecular weight excluding hydrogens is 404 g/mol. The van der Waals surface area contributed by atoms with Gasteiger partial charge in [-0.1, -0.05) is 41.9 Å². The number of carbonyl (C=O) groups excluding carboxylic acids is 1. The SMILES string of the molecule is COc1cc(N(CC(=O)N[C@H](C)c2ccccc2)S(C)(=O)=O)c(OC)cc1Cl. The monoisotopic (exact) mass is 426 g/mol. The highest BCUT2D eigenvalue weighted by Crippen LogP contribution is 2.38. The van der Waals surface area contributed by atoms with Crippen molar-refractivity contribution in [3.8, 4) is 11.5 Å². The maximum Gasteiger partial charge on any atom is 0.241 e. The van der Waals surface area contributed by atoms with Gasteiger partial charge >= 0.3 is 0 Å². The fourth-order valence-electron chi connectivity index (χ4n) is 2.66. The largest absolute Gasteiger partial charge is 0.495 e. The average molecular weight is 427 g/mol. The van der Waals surface area contributed by atoms with Gasteiger partial charge < -0.3 is 14.8 Å². The lowest BCUT2D eigenvalue weighted by molar-refractivity contribution is -0.120. The Hall–Kier alpha value is -2.45. The van der Waals surface area contributed by atoms with Crippen LogP contribution >= 0.6 is 11.6 Å². The molecule has 9 heteroatoms. The molecule has 28 heavy (non-hydrogen) atoms. The van der Waals surface area contributed by atoms with Crippen LogP contribution in [0.4, 0.5) is 5.69 Å². The number of nitrogens with zero attached hydrogens (tertiary/aromatic N) is 1. The van der Waals surface area contributed by atoms with E-state index in [4.69, 9.17) is 21.1 Å². The predicted molar refractivity (Wildman–Crippen MR) is 110 cm³/mol. The van der Waals surface area contributed by atoms with Crippen LogP contribution in [0.3, 0.4) is 0 Å². The Labute approximate surface area is 170 Å². The number of benzene rings is 2. The Balaban J connectivity index is 2.32. The highest BCUT2D eigenvalue weighted by Gasteiger charge is 2.26. The first-order chi connectivity index (χ1) is 13.2. The first kappa shape index (κ1) is 21.8. The van der Waals surface area contributed by atoms with E-state index >= 15 is 0 Å². The number of hydrogen-bond donors (Lipinski definition) is 1. The van der Waals surface area contributed by atoms with E-state index in [1.54, 1.807) is 0 Å². The fourth-order valence-corrected chi connectivity index (χ4v) is 3.75. The van der Waals surface area contributed by atoms with Crippen molar-refractivity contribution in [2.24, 2.45) is 0 Å². The quantitative estimate of drug-likeness (QED) is 0.701. The molecular formula is C19H23ClN2O5S. The van der Waals surface area contributed by atoms with Crippen molar-refractivity contribution in [2.75, 3.05) is 31.3 Å². The van der Waals surface area contributed by atoms with E-state index < -0.39 is 22.5 Å². The van der Waals surface area contributed by atoms with E-state index in [9.17, 15) is 13.2 Å². The average Bonchev–Trinajstić information content (AvgIpc) is 2.65. The van der Waals surface area contributed by atoms with Gasteiger partial charge in [0.2, 0.25) is 15.9 Å². The van der Waals surface area contributed by atoms with Crippen molar-refractivity contribution in [2.45, 2.75) is 13.0 Å². The van der Waals surface area contributed by atoms with Crippen molar-refractivity contribution >= 4 is 33.2 Å². The molecule has 0 heterocycles. The first-order valence-electron chi connectivity index (χ1n) is 8.41. The number of halogens is 1. The van der Waals surface area contributed by atoms with Crippen molar-refractivity contribution in [1.82, 2.24) is 5.32 Å². The van der Waals surface area contributed by atoms with Crippen LogP contribution in [0.15, 0.2) is 42.5 Å². The zero-order valence-corrected chi connectivity index (χ0v) is 17.7. The summed E-state index contributed by atoms with van der Waals surface area (Å²) in [4.78, 5) is 12.6. The molecule has 0 spiro atoms. The van der Waals surface area contributed by atoms with E-state index in [1.165, 1.54) is 26.4 Å². The highest BCUT2D eigenvalue weighted by molar-refractivity contribution is 7.92. The second kappa shape index (κ2) is 9.16. The number of rotatable bonds is 8. The normalized spacial score (nSPS) is 12.2. The molecule has 152 valence electrons. The van der Waals surface area contributed by atoms with Crippen LogP contribution in [-0.4, -0.2) is 41.3 Å². The number of ether oxygens (including phenoxy) is 2. The number of hydrogen-bond acceptors (Lipinski definition) is 5. The molecule has 7 nitrogen and oxygen atoms in total. The van der Waals surface area contributed by atoms with Gasteiger partial charge in [-0.25, -0.2) is 8.42 Å². The molecule has 0 saturated carbocycles. The fraction of sp³-hybridized carbons (Fsp3) is 0.316. The van der Waals surface area contributed by atoms with Gasteiger partial charge in [0, 0.05) is 12.1 Å². The molecule has 0 saturated heterocycles. The molecule has 1 atom stereocenters. The van der Waals surface area contributed by atoms with Gasteiger partial charge in [0.15, 0.2) is 0 Å². The van der Waals surface area contributed by atoms with Gasteiger partial charge in [-0.05, 0) is 12.5 Å². The Morgan fingerprint density at radius 3 is 2.29 bits per heavy atom. The van der Waals surface area contributed by atoms with Gasteiger partial charge in [0.05, 0.1) is 37.2 Å². The van der Waals surface area contributed by atoms with Crippen LogP contribution in [0.5, 0.6) is 11.5 Å². The molecule has 2 aromatic rings. The predicted octanol–water partition coefficient (Wildman–Crippen LogP) is 3.00. The number of amides is 1. The van der Waals surface area contributed by atoms with E-state index in [0.717, 1.165) is 16.1 Å². The Kier molecular flexibility index (Phi) is 7.15. The second-order valence-electron chi connectivity index (χ2n) is 6.13. The summed E-state index contributed by atoms with van der Waals surface area (Å²) in [6.07, 6.45) is 1.02. The number of sulfonamides is 1. The zero-order chi connectivity index (χ0) is 20.9. The number of methoxy groups -OCH3 is 2. The van der Waals surface area contributed by atoms with Crippen LogP contribution in [0, 0.1) is 0 Å². The molecule has 0 radical (unpaired) electrons. The summed E-state index contributed by atoms with van der Waals surface area (Å²) in [7, 11) is -0.988. The lowest BCUT2D eigenvalue weighted by Crippen LogP contribution is -2.41. The lowest BCUT2D eigenvalue weighted by atomic mass is 10.1. The summed E-state index contributed by atoms with van der Waals surface area (Å²) in [5.74, 6) is 0.0158.